The van der Waals surface area contributed by atoms with E-state index in [1.807, 2.05) is 0 Å². The fraction of sp³-hybridized carbons (Fsp3) is 0.455. The summed E-state index contributed by atoms with van der Waals surface area (Å²) in [6, 6.07) is 4.14. The van der Waals surface area contributed by atoms with Crippen LogP contribution in [0.2, 0.25) is 5.02 Å². The van der Waals surface area contributed by atoms with Crippen molar-refractivity contribution in [3.63, 3.8) is 0 Å². The van der Waals surface area contributed by atoms with E-state index in [4.69, 9.17) is 26.2 Å². The monoisotopic (exact) mass is 291 g/mol. The summed E-state index contributed by atoms with van der Waals surface area (Å²) in [6.45, 7) is 1.17. The molecule has 2 rings (SSSR count). The predicted molar refractivity (Wildman–Crippen MR) is 67.3 cm³/mol. The van der Waals surface area contributed by atoms with Crippen LogP contribution in [0.5, 0.6) is 5.75 Å². The summed E-state index contributed by atoms with van der Waals surface area (Å²) in [4.78, 5) is -0.0306. The van der Waals surface area contributed by atoms with Crippen LogP contribution in [0.15, 0.2) is 23.1 Å². The van der Waals surface area contributed by atoms with E-state index < -0.39 is 10.0 Å². The summed E-state index contributed by atoms with van der Waals surface area (Å²) in [5.74, 6) is 0.430. The molecule has 1 fully saturated rings. The highest BCUT2D eigenvalue weighted by Gasteiger charge is 2.17. The molecule has 1 aromatic rings. The standard InChI is InChI=1S/C11H14ClNO4S/c12-10-6-9(18(13,14)15)3-4-11(10)17-7-8-2-1-5-16-8/h3-4,6,8H,1-2,5,7H2,(H2,13,14,15). The van der Waals surface area contributed by atoms with Crippen molar-refractivity contribution >= 4 is 21.6 Å². The van der Waals surface area contributed by atoms with Gasteiger partial charge < -0.3 is 9.47 Å². The second-order valence-corrected chi connectivity index (χ2v) is 6.05. The maximum Gasteiger partial charge on any atom is 0.238 e. The van der Waals surface area contributed by atoms with Gasteiger partial charge in [-0.1, -0.05) is 11.6 Å². The SMILES string of the molecule is NS(=O)(=O)c1ccc(OCC2CCCO2)c(Cl)c1. The van der Waals surface area contributed by atoms with E-state index in [0.29, 0.717) is 12.4 Å². The normalized spacial score (nSPS) is 20.0. The van der Waals surface area contributed by atoms with Gasteiger partial charge in [0.1, 0.15) is 12.4 Å². The fourth-order valence-corrected chi connectivity index (χ4v) is 2.57. The van der Waals surface area contributed by atoms with Gasteiger partial charge in [0.2, 0.25) is 10.0 Å². The Morgan fingerprint density at radius 1 is 1.50 bits per heavy atom. The number of halogens is 1. The lowest BCUT2D eigenvalue weighted by atomic mass is 10.2. The highest BCUT2D eigenvalue weighted by Crippen LogP contribution is 2.27. The average Bonchev–Trinajstić information content (AvgIpc) is 2.79. The van der Waals surface area contributed by atoms with Crippen LogP contribution in [-0.2, 0) is 14.8 Å². The van der Waals surface area contributed by atoms with Gasteiger partial charge in [0.25, 0.3) is 0 Å². The van der Waals surface area contributed by atoms with Crippen molar-refractivity contribution in [1.29, 1.82) is 0 Å². The predicted octanol–water partition coefficient (Wildman–Crippen LogP) is 1.55. The smallest absolute Gasteiger partial charge is 0.238 e. The molecule has 1 aliphatic heterocycles. The molecule has 100 valence electrons. The van der Waals surface area contributed by atoms with Crippen molar-refractivity contribution < 1.29 is 17.9 Å². The number of hydrogen-bond acceptors (Lipinski definition) is 4. The molecule has 1 aromatic carbocycles. The minimum atomic E-state index is -3.74. The van der Waals surface area contributed by atoms with Crippen LogP contribution < -0.4 is 9.88 Å². The van der Waals surface area contributed by atoms with Crippen molar-refractivity contribution in [3.05, 3.63) is 23.2 Å². The minimum Gasteiger partial charge on any atom is -0.489 e. The lowest BCUT2D eigenvalue weighted by Crippen LogP contribution is -2.16. The second kappa shape index (κ2) is 5.44. The Morgan fingerprint density at radius 2 is 2.28 bits per heavy atom. The summed E-state index contributed by atoms with van der Waals surface area (Å²) in [7, 11) is -3.74. The van der Waals surface area contributed by atoms with Crippen LogP contribution in [0, 0.1) is 0 Å². The molecule has 7 heteroatoms. The number of primary sulfonamides is 1. The first-order valence-electron chi connectivity index (χ1n) is 5.53. The van der Waals surface area contributed by atoms with Crippen molar-refractivity contribution in [2.45, 2.75) is 23.8 Å². The lowest BCUT2D eigenvalue weighted by molar-refractivity contribution is 0.0680. The van der Waals surface area contributed by atoms with Gasteiger partial charge in [-0.3, -0.25) is 0 Å². The average molecular weight is 292 g/mol. The van der Waals surface area contributed by atoms with Gasteiger partial charge in [0.15, 0.2) is 0 Å². The van der Waals surface area contributed by atoms with E-state index >= 15 is 0 Å². The first kappa shape index (κ1) is 13.6. The molecule has 0 radical (unpaired) electrons. The van der Waals surface area contributed by atoms with Gasteiger partial charge >= 0.3 is 0 Å². The van der Waals surface area contributed by atoms with E-state index in [9.17, 15) is 8.42 Å². The Balaban J connectivity index is 2.05. The van der Waals surface area contributed by atoms with Crippen molar-refractivity contribution in [2.75, 3.05) is 13.2 Å². The summed E-state index contributed by atoms with van der Waals surface area (Å²) >= 11 is 5.94. The van der Waals surface area contributed by atoms with Crippen molar-refractivity contribution in [1.82, 2.24) is 0 Å². The summed E-state index contributed by atoms with van der Waals surface area (Å²) in [5.41, 5.74) is 0. The van der Waals surface area contributed by atoms with Gasteiger partial charge in [-0.15, -0.1) is 0 Å². The zero-order valence-corrected chi connectivity index (χ0v) is 11.2. The minimum absolute atomic E-state index is 0.0306. The first-order chi connectivity index (χ1) is 8.47. The molecule has 1 atom stereocenters. The molecule has 18 heavy (non-hydrogen) atoms. The van der Waals surface area contributed by atoms with Crippen LogP contribution in [0.1, 0.15) is 12.8 Å². The lowest BCUT2D eigenvalue weighted by Gasteiger charge is -2.12. The molecule has 0 amide bonds. The molecular formula is C11H14ClNO4S. The van der Waals surface area contributed by atoms with Crippen LogP contribution in [-0.4, -0.2) is 27.7 Å². The molecule has 0 aliphatic carbocycles. The van der Waals surface area contributed by atoms with E-state index in [1.54, 1.807) is 0 Å². The van der Waals surface area contributed by atoms with E-state index in [2.05, 4.69) is 0 Å². The number of nitrogens with two attached hydrogens (primary N) is 1. The Morgan fingerprint density at radius 3 is 2.83 bits per heavy atom. The first-order valence-corrected chi connectivity index (χ1v) is 7.46. The Bertz CT molecular complexity index is 526. The molecule has 1 unspecified atom stereocenters. The summed E-state index contributed by atoms with van der Waals surface area (Å²) in [6.07, 6.45) is 2.08. The molecule has 2 N–H and O–H groups in total. The Kier molecular flexibility index (Phi) is 4.11. The van der Waals surface area contributed by atoms with Crippen molar-refractivity contribution in [2.24, 2.45) is 5.14 Å². The molecule has 0 spiro atoms. The largest absolute Gasteiger partial charge is 0.489 e. The molecule has 5 nitrogen and oxygen atoms in total. The molecular weight excluding hydrogens is 278 g/mol. The molecule has 1 heterocycles. The van der Waals surface area contributed by atoms with Gasteiger partial charge in [0.05, 0.1) is 16.0 Å². The van der Waals surface area contributed by atoms with Crippen LogP contribution in [0.25, 0.3) is 0 Å². The third-order valence-electron chi connectivity index (χ3n) is 2.68. The third-order valence-corrected chi connectivity index (χ3v) is 3.89. The zero-order chi connectivity index (χ0) is 13.2. The Hall–Kier alpha value is -0.820. The second-order valence-electron chi connectivity index (χ2n) is 4.08. The van der Waals surface area contributed by atoms with E-state index in [1.165, 1.54) is 18.2 Å². The van der Waals surface area contributed by atoms with E-state index in [0.717, 1.165) is 19.4 Å². The van der Waals surface area contributed by atoms with Gasteiger partial charge in [-0.05, 0) is 31.0 Å². The summed E-state index contributed by atoms with van der Waals surface area (Å²) < 4.78 is 33.1. The number of benzene rings is 1. The molecule has 0 bridgehead atoms. The maximum absolute atomic E-state index is 11.1. The van der Waals surface area contributed by atoms with Gasteiger partial charge in [-0.25, -0.2) is 13.6 Å². The zero-order valence-electron chi connectivity index (χ0n) is 9.63. The number of sulfonamides is 1. The number of hydrogen-bond donors (Lipinski definition) is 1. The van der Waals surface area contributed by atoms with Gasteiger partial charge in [0, 0.05) is 6.61 Å². The van der Waals surface area contributed by atoms with Crippen LogP contribution >= 0.6 is 11.6 Å². The molecule has 0 saturated carbocycles. The van der Waals surface area contributed by atoms with E-state index in [-0.39, 0.29) is 16.0 Å². The molecule has 1 saturated heterocycles. The molecule has 0 aromatic heterocycles. The third kappa shape index (κ3) is 3.35. The highest BCUT2D eigenvalue weighted by atomic mass is 35.5. The number of ether oxygens (including phenoxy) is 2. The summed E-state index contributed by atoms with van der Waals surface area (Å²) in [5, 5.41) is 5.22. The van der Waals surface area contributed by atoms with Crippen LogP contribution in [0.4, 0.5) is 0 Å². The maximum atomic E-state index is 11.1. The highest BCUT2D eigenvalue weighted by molar-refractivity contribution is 7.89. The van der Waals surface area contributed by atoms with Crippen LogP contribution in [0.3, 0.4) is 0 Å². The van der Waals surface area contributed by atoms with Crippen molar-refractivity contribution in [3.8, 4) is 5.75 Å². The Labute approximate surface area is 111 Å². The fourth-order valence-electron chi connectivity index (χ4n) is 1.73. The van der Waals surface area contributed by atoms with Gasteiger partial charge in [-0.2, -0.15) is 0 Å². The number of rotatable bonds is 4. The topological polar surface area (TPSA) is 78.6 Å². The molecule has 1 aliphatic rings. The quantitative estimate of drug-likeness (QED) is 0.913.